The van der Waals surface area contributed by atoms with E-state index >= 15 is 0 Å². The number of ether oxygens (including phenoxy) is 1. The first-order chi connectivity index (χ1) is 19.4. The number of methoxy groups -OCH3 is 1. The Balaban J connectivity index is 1.48. The molecule has 1 aliphatic carbocycles. The molecule has 0 spiro atoms. The number of carbonyl (C=O) groups is 1. The van der Waals surface area contributed by atoms with Crippen molar-refractivity contribution in [3.8, 4) is 11.4 Å². The first-order valence-electron chi connectivity index (χ1n) is 13.5. The summed E-state index contributed by atoms with van der Waals surface area (Å²) in [7, 11) is -2.05. The Hall–Kier alpha value is -3.34. The van der Waals surface area contributed by atoms with Gasteiger partial charge in [0.1, 0.15) is 5.75 Å². The fraction of sp³-hybridized carbons (Fsp3) is 0.333. The molecule has 0 fully saturated rings. The molecule has 210 valence electrons. The van der Waals surface area contributed by atoms with E-state index in [1.54, 1.807) is 25.3 Å². The lowest BCUT2D eigenvalue weighted by Gasteiger charge is -2.26. The molecule has 5 rings (SSSR count). The maximum Gasteiger partial charge on any atom is 0.243 e. The molecule has 1 atom stereocenters. The van der Waals surface area contributed by atoms with Crippen LogP contribution in [0.3, 0.4) is 0 Å². The van der Waals surface area contributed by atoms with Crippen molar-refractivity contribution in [2.24, 2.45) is 0 Å². The van der Waals surface area contributed by atoms with Crippen LogP contribution in [0.15, 0.2) is 76.8 Å². The van der Waals surface area contributed by atoms with Crippen molar-refractivity contribution >= 4 is 38.7 Å². The zero-order chi connectivity index (χ0) is 28.3. The molecule has 0 radical (unpaired) electrons. The van der Waals surface area contributed by atoms with Crippen LogP contribution in [0.5, 0.6) is 5.75 Å². The minimum absolute atomic E-state index is 0.000994. The zero-order valence-corrected chi connectivity index (χ0v) is 24.6. The van der Waals surface area contributed by atoms with Gasteiger partial charge in [-0.05, 0) is 60.7 Å². The van der Waals surface area contributed by atoms with E-state index in [2.05, 4.69) is 17.4 Å². The number of aromatic nitrogens is 2. The number of hydrogen-bond donors (Lipinski definition) is 1. The summed E-state index contributed by atoms with van der Waals surface area (Å²) in [6.07, 6.45) is 2.99. The second-order valence-corrected chi connectivity index (χ2v) is 12.5. The van der Waals surface area contributed by atoms with Crippen molar-refractivity contribution in [1.29, 1.82) is 0 Å². The number of para-hydroxylation sites is 2. The van der Waals surface area contributed by atoms with E-state index in [-0.39, 0.29) is 22.6 Å². The summed E-state index contributed by atoms with van der Waals surface area (Å²) >= 11 is 1.32. The quantitative estimate of drug-likeness (QED) is 0.255. The number of rotatable bonds is 10. The minimum Gasteiger partial charge on any atom is -0.495 e. The number of carbonyl (C=O) groups excluding carboxylic acids is 1. The molecule has 1 heterocycles. The van der Waals surface area contributed by atoms with Crippen LogP contribution in [0.25, 0.3) is 16.7 Å². The van der Waals surface area contributed by atoms with Crippen molar-refractivity contribution in [1.82, 2.24) is 19.2 Å². The third-order valence-corrected chi connectivity index (χ3v) is 10.3. The van der Waals surface area contributed by atoms with E-state index in [1.807, 2.05) is 54.8 Å². The molecular weight excluding hydrogens is 544 g/mol. The molecule has 0 bridgehead atoms. The highest BCUT2D eigenvalue weighted by atomic mass is 32.2. The van der Waals surface area contributed by atoms with E-state index in [4.69, 9.17) is 9.72 Å². The van der Waals surface area contributed by atoms with Crippen LogP contribution in [-0.4, -0.2) is 54.1 Å². The van der Waals surface area contributed by atoms with Gasteiger partial charge in [0.05, 0.1) is 40.5 Å². The summed E-state index contributed by atoms with van der Waals surface area (Å²) in [6, 6.07) is 20.9. The molecule has 0 aliphatic heterocycles. The van der Waals surface area contributed by atoms with Crippen molar-refractivity contribution in [3.05, 3.63) is 77.9 Å². The van der Waals surface area contributed by atoms with Gasteiger partial charge in [-0.1, -0.05) is 62.0 Å². The zero-order valence-electron chi connectivity index (χ0n) is 23.0. The molecule has 1 amide bonds. The number of fused-ring (bicyclic) bond motifs is 2. The largest absolute Gasteiger partial charge is 0.495 e. The second-order valence-electron chi connectivity index (χ2n) is 9.64. The van der Waals surface area contributed by atoms with Crippen LogP contribution < -0.4 is 10.1 Å². The Morgan fingerprint density at radius 1 is 1.10 bits per heavy atom. The number of benzene rings is 3. The number of thioether (sulfide) groups is 1. The Kier molecular flexibility index (Phi) is 8.48. The van der Waals surface area contributed by atoms with E-state index < -0.39 is 10.0 Å². The summed E-state index contributed by atoms with van der Waals surface area (Å²) in [5.74, 6) is 0.740. The summed E-state index contributed by atoms with van der Waals surface area (Å²) in [4.78, 5) is 18.1. The Labute approximate surface area is 239 Å². The van der Waals surface area contributed by atoms with Crippen LogP contribution in [-0.2, 0) is 21.2 Å². The van der Waals surface area contributed by atoms with Gasteiger partial charge in [0, 0.05) is 13.1 Å². The second kappa shape index (κ2) is 12.0. The molecule has 8 nitrogen and oxygen atoms in total. The average Bonchev–Trinajstić information content (AvgIpc) is 3.34. The minimum atomic E-state index is -3.65. The molecule has 1 aromatic heterocycles. The number of aryl methyl sites for hydroxylation is 1. The van der Waals surface area contributed by atoms with Crippen LogP contribution in [0, 0.1) is 0 Å². The number of nitrogens with zero attached hydrogens (tertiary/aromatic N) is 3. The first-order valence-corrected chi connectivity index (χ1v) is 16.0. The maximum atomic E-state index is 13.2. The predicted octanol–water partition coefficient (Wildman–Crippen LogP) is 5.35. The van der Waals surface area contributed by atoms with Gasteiger partial charge in [-0.3, -0.25) is 9.36 Å². The predicted molar refractivity (Wildman–Crippen MR) is 159 cm³/mol. The van der Waals surface area contributed by atoms with Crippen LogP contribution in [0.4, 0.5) is 0 Å². The van der Waals surface area contributed by atoms with Gasteiger partial charge in [0.15, 0.2) is 5.16 Å². The van der Waals surface area contributed by atoms with E-state index in [9.17, 15) is 13.2 Å². The Morgan fingerprint density at radius 3 is 2.62 bits per heavy atom. The summed E-state index contributed by atoms with van der Waals surface area (Å²) < 4.78 is 35.4. The lowest BCUT2D eigenvalue weighted by Crippen LogP contribution is -2.32. The number of nitrogens with one attached hydrogen (secondary N) is 1. The molecule has 1 N–H and O–H groups in total. The van der Waals surface area contributed by atoms with Crippen molar-refractivity contribution < 1.29 is 17.9 Å². The van der Waals surface area contributed by atoms with Gasteiger partial charge >= 0.3 is 0 Å². The van der Waals surface area contributed by atoms with Crippen LogP contribution >= 0.6 is 11.8 Å². The monoisotopic (exact) mass is 578 g/mol. The molecule has 10 heteroatoms. The fourth-order valence-corrected chi connectivity index (χ4v) is 7.64. The number of imidazole rings is 1. The third kappa shape index (κ3) is 5.48. The van der Waals surface area contributed by atoms with Crippen molar-refractivity contribution in [3.63, 3.8) is 0 Å². The standard InChI is InChI=1S/C30H34N4O4S2/c1-4-33(5-2)40(36,37)22-17-18-26-25(19-22)32-30(34(26)27-15-8-9-16-28(27)38-3)39-20-29(35)31-24-14-10-12-21-11-6-7-13-23(21)24/h6-9,11,13,15-19,24H,4-5,10,12,14,20H2,1-3H3,(H,31,35). The van der Waals surface area contributed by atoms with Crippen molar-refractivity contribution in [2.75, 3.05) is 26.0 Å². The highest BCUT2D eigenvalue weighted by Gasteiger charge is 2.25. The number of hydrogen-bond acceptors (Lipinski definition) is 6. The summed E-state index contributed by atoms with van der Waals surface area (Å²) in [6.45, 7) is 4.41. The van der Waals surface area contributed by atoms with Gasteiger partial charge in [-0.15, -0.1) is 0 Å². The SMILES string of the molecule is CCN(CC)S(=O)(=O)c1ccc2c(c1)nc(SCC(=O)NC1CCCc3ccccc31)n2-c1ccccc1OC. The Bertz CT molecular complexity index is 1630. The third-order valence-electron chi connectivity index (χ3n) is 7.30. The molecule has 40 heavy (non-hydrogen) atoms. The van der Waals surface area contributed by atoms with Gasteiger partial charge in [0.25, 0.3) is 0 Å². The lowest BCUT2D eigenvalue weighted by atomic mass is 9.88. The summed E-state index contributed by atoms with van der Waals surface area (Å²) in [5.41, 5.74) is 4.50. The fourth-order valence-electron chi connectivity index (χ4n) is 5.33. The van der Waals surface area contributed by atoms with Crippen molar-refractivity contribution in [2.45, 2.75) is 49.2 Å². The molecule has 1 unspecified atom stereocenters. The molecule has 0 saturated carbocycles. The molecule has 1 aliphatic rings. The topological polar surface area (TPSA) is 93.5 Å². The molecule has 0 saturated heterocycles. The van der Waals surface area contributed by atoms with Gasteiger partial charge in [0.2, 0.25) is 15.9 Å². The average molecular weight is 579 g/mol. The smallest absolute Gasteiger partial charge is 0.243 e. The van der Waals surface area contributed by atoms with E-state index in [0.717, 1.165) is 30.5 Å². The van der Waals surface area contributed by atoms with Gasteiger partial charge < -0.3 is 10.1 Å². The summed E-state index contributed by atoms with van der Waals surface area (Å²) in [5, 5.41) is 3.79. The van der Waals surface area contributed by atoms with E-state index in [1.165, 1.54) is 27.2 Å². The normalized spacial score (nSPS) is 15.2. The van der Waals surface area contributed by atoms with E-state index in [0.29, 0.717) is 29.5 Å². The molecule has 4 aromatic rings. The number of sulfonamides is 1. The Morgan fingerprint density at radius 2 is 1.85 bits per heavy atom. The lowest BCUT2D eigenvalue weighted by molar-refractivity contribution is -0.119. The maximum absolute atomic E-state index is 13.2. The van der Waals surface area contributed by atoms with Gasteiger partial charge in [-0.2, -0.15) is 4.31 Å². The molecule has 3 aromatic carbocycles. The number of amides is 1. The molecular formula is C30H34N4O4S2. The van der Waals surface area contributed by atoms with Gasteiger partial charge in [-0.25, -0.2) is 13.4 Å². The highest BCUT2D eigenvalue weighted by molar-refractivity contribution is 7.99. The van der Waals surface area contributed by atoms with Crippen LogP contribution in [0.1, 0.15) is 43.9 Å². The highest BCUT2D eigenvalue weighted by Crippen LogP contribution is 2.34. The van der Waals surface area contributed by atoms with Crippen LogP contribution in [0.2, 0.25) is 0 Å². The first kappa shape index (κ1) is 28.2.